The standard InChI is InChI=1S/C41H43N3O10/c1-49-32-21-27(22-33(50-2)38(32)53-5)13-7-11-17-36(45)42-19-20-43(29(25-42)26-44-40(47)30-15-9-10-16-31(30)41(44)48)37(46)18-12-8-14-28-23-34(51-3)39(54-6)35(24-28)52-4/h7-18,21-24,29H,19-20,25-26H2,1-6H3. The molecule has 3 aromatic rings. The zero-order valence-electron chi connectivity index (χ0n) is 31.1. The van der Waals surface area contributed by atoms with Gasteiger partial charge in [0.2, 0.25) is 23.3 Å². The molecule has 0 saturated carbocycles. The molecule has 1 atom stereocenters. The van der Waals surface area contributed by atoms with Crippen LogP contribution in [0, 0.1) is 0 Å². The highest BCUT2D eigenvalue weighted by Crippen LogP contribution is 2.39. The monoisotopic (exact) mass is 737 g/mol. The van der Waals surface area contributed by atoms with Crippen LogP contribution in [0.4, 0.5) is 0 Å². The number of ether oxygens (including phenoxy) is 6. The van der Waals surface area contributed by atoms with Gasteiger partial charge in [-0.05, 0) is 47.5 Å². The second-order valence-corrected chi connectivity index (χ2v) is 12.1. The van der Waals surface area contributed by atoms with Crippen LogP contribution in [0.5, 0.6) is 34.5 Å². The molecule has 5 rings (SSSR count). The van der Waals surface area contributed by atoms with Crippen molar-refractivity contribution < 1.29 is 47.6 Å². The van der Waals surface area contributed by atoms with Crippen LogP contribution in [-0.4, -0.2) is 113 Å². The lowest BCUT2D eigenvalue weighted by molar-refractivity contribution is -0.137. The van der Waals surface area contributed by atoms with Crippen molar-refractivity contribution in [1.82, 2.24) is 14.7 Å². The predicted octanol–water partition coefficient (Wildman–Crippen LogP) is 4.91. The SMILES string of the molecule is COc1cc(C=CC=CC(=O)N2CCN(C(=O)C=CC=Cc3cc(OC)c(OC)c(OC)c3)C(CN3C(=O)c4ccccc4C3=O)C2)cc(OC)c1OC. The highest BCUT2D eigenvalue weighted by Gasteiger charge is 2.40. The first-order valence-electron chi connectivity index (χ1n) is 17.0. The third-order valence-corrected chi connectivity index (χ3v) is 9.00. The highest BCUT2D eigenvalue weighted by atomic mass is 16.5. The molecule has 0 aliphatic carbocycles. The van der Waals surface area contributed by atoms with Crippen molar-refractivity contribution in [1.29, 1.82) is 0 Å². The van der Waals surface area contributed by atoms with Gasteiger partial charge in [-0.3, -0.25) is 24.1 Å². The Hall–Kier alpha value is -6.50. The second-order valence-electron chi connectivity index (χ2n) is 12.1. The Morgan fingerprint density at radius 1 is 0.630 bits per heavy atom. The topological polar surface area (TPSA) is 133 Å². The van der Waals surface area contributed by atoms with Crippen molar-refractivity contribution in [3.8, 4) is 34.5 Å². The fourth-order valence-electron chi connectivity index (χ4n) is 6.32. The first kappa shape index (κ1) is 38.7. The van der Waals surface area contributed by atoms with Crippen molar-refractivity contribution >= 4 is 35.8 Å². The Kier molecular flexibility index (Phi) is 12.8. The Balaban J connectivity index is 1.31. The molecule has 0 N–H and O–H groups in total. The van der Waals surface area contributed by atoms with Gasteiger partial charge in [0.05, 0.1) is 66.4 Å². The number of rotatable bonds is 14. The molecule has 2 aliphatic rings. The quantitative estimate of drug-likeness (QED) is 0.128. The summed E-state index contributed by atoms with van der Waals surface area (Å²) in [5.41, 5.74) is 2.13. The number of methoxy groups -OCH3 is 6. The van der Waals surface area contributed by atoms with Gasteiger partial charge in [-0.1, -0.05) is 48.6 Å². The smallest absolute Gasteiger partial charge is 0.261 e. The molecular weight excluding hydrogens is 694 g/mol. The lowest BCUT2D eigenvalue weighted by Gasteiger charge is -2.41. The Morgan fingerprint density at radius 2 is 1.07 bits per heavy atom. The number of nitrogens with zero attached hydrogens (tertiary/aromatic N) is 3. The second kappa shape index (κ2) is 17.8. The van der Waals surface area contributed by atoms with Gasteiger partial charge < -0.3 is 38.2 Å². The number of carbonyl (C=O) groups is 4. The molecule has 0 spiro atoms. The highest BCUT2D eigenvalue weighted by molar-refractivity contribution is 6.21. The minimum Gasteiger partial charge on any atom is -0.493 e. The third-order valence-electron chi connectivity index (χ3n) is 9.00. The van der Waals surface area contributed by atoms with Gasteiger partial charge >= 0.3 is 0 Å². The Bertz CT molecular complexity index is 1930. The van der Waals surface area contributed by atoms with Crippen LogP contribution in [0.1, 0.15) is 31.8 Å². The van der Waals surface area contributed by atoms with E-state index in [9.17, 15) is 19.2 Å². The van der Waals surface area contributed by atoms with Crippen LogP contribution in [-0.2, 0) is 9.59 Å². The fourth-order valence-corrected chi connectivity index (χ4v) is 6.32. The van der Waals surface area contributed by atoms with Gasteiger partial charge in [-0.15, -0.1) is 0 Å². The van der Waals surface area contributed by atoms with Crippen LogP contribution < -0.4 is 28.4 Å². The molecule has 2 heterocycles. The van der Waals surface area contributed by atoms with E-state index in [-0.39, 0.29) is 38.0 Å². The largest absolute Gasteiger partial charge is 0.493 e. The normalized spacial score (nSPS) is 15.8. The van der Waals surface area contributed by atoms with Gasteiger partial charge in [-0.25, -0.2) is 0 Å². The first-order valence-corrected chi connectivity index (χ1v) is 17.0. The van der Waals surface area contributed by atoms with E-state index >= 15 is 0 Å². The molecule has 0 radical (unpaired) electrons. The number of hydrogen-bond acceptors (Lipinski definition) is 10. The number of hydrogen-bond donors (Lipinski definition) is 0. The van der Waals surface area contributed by atoms with E-state index in [0.717, 1.165) is 16.0 Å². The van der Waals surface area contributed by atoms with Crippen molar-refractivity contribution in [3.05, 3.63) is 107 Å². The molecule has 4 amide bonds. The number of benzene rings is 3. The molecule has 13 nitrogen and oxygen atoms in total. The lowest BCUT2D eigenvalue weighted by Crippen LogP contribution is -2.59. The molecule has 54 heavy (non-hydrogen) atoms. The summed E-state index contributed by atoms with van der Waals surface area (Å²) >= 11 is 0. The number of carbonyl (C=O) groups excluding carboxylic acids is 4. The average Bonchev–Trinajstić information content (AvgIpc) is 3.44. The molecule has 1 saturated heterocycles. The maximum absolute atomic E-state index is 13.6. The number of fused-ring (bicyclic) bond motifs is 1. The molecule has 282 valence electrons. The van der Waals surface area contributed by atoms with Gasteiger partial charge in [0, 0.05) is 31.8 Å². The molecule has 13 heteroatoms. The molecule has 0 bridgehead atoms. The summed E-state index contributed by atoms with van der Waals surface area (Å²) < 4.78 is 32.4. The summed E-state index contributed by atoms with van der Waals surface area (Å²) in [7, 11) is 9.18. The van der Waals surface area contributed by atoms with Crippen LogP contribution in [0.15, 0.2) is 85.0 Å². The Morgan fingerprint density at radius 3 is 1.50 bits per heavy atom. The van der Waals surface area contributed by atoms with Gasteiger partial charge in [-0.2, -0.15) is 0 Å². The minimum absolute atomic E-state index is 0.0816. The summed E-state index contributed by atoms with van der Waals surface area (Å²) in [6.45, 7) is 0.462. The molecular formula is C41H43N3O10. The number of amides is 4. The molecule has 0 aromatic heterocycles. The summed E-state index contributed by atoms with van der Waals surface area (Å²) in [5, 5.41) is 0. The molecule has 1 fully saturated rings. The van der Waals surface area contributed by atoms with E-state index in [2.05, 4.69) is 0 Å². The van der Waals surface area contributed by atoms with Crippen LogP contribution in [0.3, 0.4) is 0 Å². The summed E-state index contributed by atoms with van der Waals surface area (Å²) in [6, 6.07) is 13.1. The number of piperazine rings is 1. The van der Waals surface area contributed by atoms with Crippen molar-refractivity contribution in [2.75, 3.05) is 68.8 Å². The number of imide groups is 1. The van der Waals surface area contributed by atoms with Crippen LogP contribution >= 0.6 is 0 Å². The Labute approximate surface area is 314 Å². The van der Waals surface area contributed by atoms with Crippen LogP contribution in [0.25, 0.3) is 12.2 Å². The van der Waals surface area contributed by atoms with E-state index in [1.807, 2.05) is 0 Å². The molecule has 1 unspecified atom stereocenters. The van der Waals surface area contributed by atoms with Gasteiger partial charge in [0.1, 0.15) is 0 Å². The average molecular weight is 738 g/mol. The van der Waals surface area contributed by atoms with E-state index in [4.69, 9.17) is 28.4 Å². The number of allylic oxidation sites excluding steroid dienone is 4. The van der Waals surface area contributed by atoms with Gasteiger partial charge in [0.25, 0.3) is 11.8 Å². The maximum Gasteiger partial charge on any atom is 0.261 e. The predicted molar refractivity (Wildman–Crippen MR) is 202 cm³/mol. The van der Waals surface area contributed by atoms with Crippen LogP contribution in [0.2, 0.25) is 0 Å². The summed E-state index contributed by atoms with van der Waals surface area (Å²) in [6.07, 6.45) is 13.0. The molecule has 2 aliphatic heterocycles. The molecule has 3 aromatic carbocycles. The summed E-state index contributed by atoms with van der Waals surface area (Å²) in [5.74, 6) is 1.42. The fraction of sp³-hybridized carbons (Fsp3) is 0.268. The van der Waals surface area contributed by atoms with E-state index in [0.29, 0.717) is 45.6 Å². The first-order chi connectivity index (χ1) is 26.2. The maximum atomic E-state index is 13.6. The van der Waals surface area contributed by atoms with E-state index in [1.54, 1.807) is 94.8 Å². The van der Waals surface area contributed by atoms with Crippen molar-refractivity contribution in [3.63, 3.8) is 0 Å². The van der Waals surface area contributed by atoms with E-state index < -0.39 is 17.9 Å². The van der Waals surface area contributed by atoms with Gasteiger partial charge in [0.15, 0.2) is 23.0 Å². The third kappa shape index (κ3) is 8.41. The van der Waals surface area contributed by atoms with Crippen molar-refractivity contribution in [2.45, 2.75) is 6.04 Å². The zero-order valence-corrected chi connectivity index (χ0v) is 31.1. The summed E-state index contributed by atoms with van der Waals surface area (Å²) in [4.78, 5) is 57.9. The minimum atomic E-state index is -0.663. The van der Waals surface area contributed by atoms with Crippen molar-refractivity contribution in [2.24, 2.45) is 0 Å². The zero-order chi connectivity index (χ0) is 38.8. The van der Waals surface area contributed by atoms with E-state index in [1.165, 1.54) is 54.8 Å². The lowest BCUT2D eigenvalue weighted by atomic mass is 10.1.